The second-order valence-corrected chi connectivity index (χ2v) is 5.42. The minimum absolute atomic E-state index is 0.105. The number of rotatable bonds is 4. The van der Waals surface area contributed by atoms with Gasteiger partial charge in [-0.1, -0.05) is 42.1 Å². The number of amidine groups is 1. The fourth-order valence-electron chi connectivity index (χ4n) is 1.66. The van der Waals surface area contributed by atoms with Crippen LogP contribution in [0.2, 0.25) is 0 Å². The molecule has 0 aliphatic heterocycles. The van der Waals surface area contributed by atoms with Crippen LogP contribution in [0.15, 0.2) is 52.7 Å². The Morgan fingerprint density at radius 3 is 2.65 bits per heavy atom. The number of benzene rings is 2. The Hall–Kier alpha value is -2.72. The minimum atomic E-state index is -0.814. The number of nitriles is 1. The van der Waals surface area contributed by atoms with Crippen molar-refractivity contribution < 1.29 is 8.78 Å². The third kappa shape index (κ3) is 4.90. The third-order valence-electron chi connectivity index (χ3n) is 2.79. The molecule has 0 spiro atoms. The molecule has 116 valence electrons. The lowest BCUT2D eigenvalue weighted by Crippen LogP contribution is -2.06. The maximum Gasteiger partial charge on any atom is 0.180 e. The van der Waals surface area contributed by atoms with E-state index >= 15 is 0 Å². The molecule has 0 saturated carbocycles. The fraction of sp³-hybridized carbons (Fsp3) is 0.0625. The molecule has 0 unspecified atom stereocenters. The zero-order valence-electron chi connectivity index (χ0n) is 11.9. The number of halogens is 2. The summed E-state index contributed by atoms with van der Waals surface area (Å²) in [5.74, 6) is -0.936. The molecule has 4 nitrogen and oxygen atoms in total. The molecule has 2 rings (SSSR count). The van der Waals surface area contributed by atoms with Gasteiger partial charge >= 0.3 is 0 Å². The highest BCUT2D eigenvalue weighted by Gasteiger charge is 2.07. The Balaban J connectivity index is 2.00. The zero-order valence-corrected chi connectivity index (χ0v) is 12.7. The molecule has 0 atom stereocenters. The van der Waals surface area contributed by atoms with Crippen molar-refractivity contribution in [1.82, 2.24) is 0 Å². The summed E-state index contributed by atoms with van der Waals surface area (Å²) in [6, 6.07) is 12.9. The van der Waals surface area contributed by atoms with Crippen LogP contribution < -0.4 is 5.73 Å². The second kappa shape index (κ2) is 8.06. The first-order chi connectivity index (χ1) is 11.1. The zero-order chi connectivity index (χ0) is 16.7. The average Bonchev–Trinajstić information content (AvgIpc) is 2.56. The minimum Gasteiger partial charge on any atom is -0.377 e. The molecule has 0 aromatic heterocycles. The normalized spacial score (nSPS) is 11.6. The summed E-state index contributed by atoms with van der Waals surface area (Å²) in [6.45, 7) is 0. The van der Waals surface area contributed by atoms with E-state index in [9.17, 15) is 8.78 Å². The lowest BCUT2D eigenvalue weighted by atomic mass is 10.1. The summed E-state index contributed by atoms with van der Waals surface area (Å²) in [6.07, 6.45) is 1.05. The largest absolute Gasteiger partial charge is 0.377 e. The number of hydrogen-bond donors (Lipinski definition) is 1. The van der Waals surface area contributed by atoms with E-state index in [-0.39, 0.29) is 16.3 Å². The molecule has 0 fully saturated rings. The topological polar surface area (TPSA) is 74.5 Å². The molecule has 2 N–H and O–H groups in total. The van der Waals surface area contributed by atoms with E-state index in [1.54, 1.807) is 6.07 Å². The molecule has 0 aliphatic carbocycles. The van der Waals surface area contributed by atoms with E-state index < -0.39 is 11.6 Å². The Bertz CT molecular complexity index is 783. The predicted molar refractivity (Wildman–Crippen MR) is 88.0 cm³/mol. The number of nitrogens with two attached hydrogens (primary N) is 1. The van der Waals surface area contributed by atoms with Gasteiger partial charge in [0.15, 0.2) is 5.17 Å². The van der Waals surface area contributed by atoms with E-state index in [2.05, 4.69) is 10.2 Å². The highest BCUT2D eigenvalue weighted by atomic mass is 32.2. The Labute approximate surface area is 136 Å². The fourth-order valence-corrected chi connectivity index (χ4v) is 2.27. The summed E-state index contributed by atoms with van der Waals surface area (Å²) in [5, 5.41) is 16.2. The molecule has 0 aliphatic rings. The van der Waals surface area contributed by atoms with Crippen molar-refractivity contribution in [3.63, 3.8) is 0 Å². The molecule has 23 heavy (non-hydrogen) atoms. The molecule has 2 aromatic carbocycles. The van der Waals surface area contributed by atoms with Crippen molar-refractivity contribution >= 4 is 23.1 Å². The van der Waals surface area contributed by atoms with E-state index in [1.165, 1.54) is 11.8 Å². The predicted octanol–water partition coefficient (Wildman–Crippen LogP) is 3.42. The lowest BCUT2D eigenvalue weighted by Gasteiger charge is -2.00. The standard InChI is InChI=1S/C16H12F2N4S/c17-14-7-13(15(18)6-12(14)8-19)9-21-22-16(20)23-10-11-4-2-1-3-5-11/h1-7,9H,10H2,(H2,20,22). The molecular weight excluding hydrogens is 318 g/mol. The first kappa shape index (κ1) is 16.6. The second-order valence-electron chi connectivity index (χ2n) is 4.42. The smallest absolute Gasteiger partial charge is 0.180 e. The monoisotopic (exact) mass is 330 g/mol. The van der Waals surface area contributed by atoms with Crippen LogP contribution in [0.4, 0.5) is 8.78 Å². The van der Waals surface area contributed by atoms with E-state index in [0.29, 0.717) is 5.75 Å². The first-order valence-corrected chi connectivity index (χ1v) is 7.51. The van der Waals surface area contributed by atoms with Crippen molar-refractivity contribution in [2.24, 2.45) is 15.9 Å². The Kier molecular flexibility index (Phi) is 5.83. The van der Waals surface area contributed by atoms with Crippen molar-refractivity contribution in [3.8, 4) is 6.07 Å². The van der Waals surface area contributed by atoms with Crippen LogP contribution >= 0.6 is 11.8 Å². The van der Waals surface area contributed by atoms with Gasteiger partial charge in [-0.3, -0.25) is 0 Å². The van der Waals surface area contributed by atoms with Crippen LogP contribution in [0.3, 0.4) is 0 Å². The van der Waals surface area contributed by atoms with Crippen LogP contribution in [0, 0.1) is 23.0 Å². The number of hydrogen-bond acceptors (Lipinski definition) is 4. The summed E-state index contributed by atoms with van der Waals surface area (Å²) < 4.78 is 27.0. The van der Waals surface area contributed by atoms with Crippen molar-refractivity contribution in [1.29, 1.82) is 5.26 Å². The Morgan fingerprint density at radius 2 is 1.96 bits per heavy atom. The third-order valence-corrected chi connectivity index (χ3v) is 3.64. The van der Waals surface area contributed by atoms with E-state index in [1.807, 2.05) is 30.3 Å². The lowest BCUT2D eigenvalue weighted by molar-refractivity contribution is 0.595. The van der Waals surface area contributed by atoms with Crippen molar-refractivity contribution in [2.45, 2.75) is 5.75 Å². The van der Waals surface area contributed by atoms with Gasteiger partial charge in [0.2, 0.25) is 0 Å². The van der Waals surface area contributed by atoms with Gasteiger partial charge in [-0.05, 0) is 17.7 Å². The highest BCUT2D eigenvalue weighted by Crippen LogP contribution is 2.13. The first-order valence-electron chi connectivity index (χ1n) is 6.52. The van der Waals surface area contributed by atoms with E-state index in [4.69, 9.17) is 11.0 Å². The van der Waals surface area contributed by atoms with Gasteiger partial charge in [-0.15, -0.1) is 5.10 Å². The van der Waals surface area contributed by atoms with Crippen LogP contribution in [0.5, 0.6) is 0 Å². The number of nitrogens with zero attached hydrogens (tertiary/aromatic N) is 3. The average molecular weight is 330 g/mol. The molecule has 7 heteroatoms. The van der Waals surface area contributed by atoms with Crippen molar-refractivity contribution in [3.05, 3.63) is 70.8 Å². The van der Waals surface area contributed by atoms with Gasteiger partial charge in [0.1, 0.15) is 17.7 Å². The summed E-state index contributed by atoms with van der Waals surface area (Å²) in [7, 11) is 0. The molecular formula is C16H12F2N4S. The van der Waals surface area contributed by atoms with Crippen LogP contribution in [-0.4, -0.2) is 11.4 Å². The molecule has 2 aromatic rings. The molecule has 0 amide bonds. The maximum absolute atomic E-state index is 13.6. The quantitative estimate of drug-likeness (QED) is 0.530. The highest BCUT2D eigenvalue weighted by molar-refractivity contribution is 8.13. The van der Waals surface area contributed by atoms with Gasteiger partial charge < -0.3 is 5.73 Å². The molecule has 0 bridgehead atoms. The van der Waals surface area contributed by atoms with Gasteiger partial charge in [0.25, 0.3) is 0 Å². The van der Waals surface area contributed by atoms with Crippen LogP contribution in [-0.2, 0) is 5.75 Å². The summed E-state index contributed by atoms with van der Waals surface area (Å²) in [5.41, 5.74) is 6.31. The van der Waals surface area contributed by atoms with Gasteiger partial charge in [0, 0.05) is 11.3 Å². The molecule has 0 heterocycles. The van der Waals surface area contributed by atoms with Gasteiger partial charge in [0.05, 0.1) is 11.8 Å². The molecule has 0 radical (unpaired) electrons. The van der Waals surface area contributed by atoms with Crippen LogP contribution in [0.1, 0.15) is 16.7 Å². The Morgan fingerprint density at radius 1 is 1.22 bits per heavy atom. The van der Waals surface area contributed by atoms with Gasteiger partial charge in [-0.2, -0.15) is 10.4 Å². The van der Waals surface area contributed by atoms with Gasteiger partial charge in [-0.25, -0.2) is 8.78 Å². The summed E-state index contributed by atoms with van der Waals surface area (Å²) in [4.78, 5) is 0. The SMILES string of the molecule is N#Cc1cc(F)c(C=NN=C(N)SCc2ccccc2)cc1F. The summed E-state index contributed by atoms with van der Waals surface area (Å²) >= 11 is 1.28. The molecule has 0 saturated heterocycles. The van der Waals surface area contributed by atoms with E-state index in [0.717, 1.165) is 23.9 Å². The van der Waals surface area contributed by atoms with Crippen molar-refractivity contribution in [2.75, 3.05) is 0 Å². The van der Waals surface area contributed by atoms with Crippen LogP contribution in [0.25, 0.3) is 0 Å². The number of thioether (sulfide) groups is 1. The maximum atomic E-state index is 13.6.